The van der Waals surface area contributed by atoms with Crippen LogP contribution in [0.2, 0.25) is 5.02 Å². The van der Waals surface area contributed by atoms with E-state index in [0.717, 1.165) is 34.3 Å². The van der Waals surface area contributed by atoms with Crippen LogP contribution < -0.4 is 0 Å². The fraction of sp³-hybridized carbons (Fsp3) is 0.455. The molecule has 3 heteroatoms. The predicted molar refractivity (Wildman–Crippen MR) is 61.6 cm³/mol. The smallest absolute Gasteiger partial charge is 0.0490 e. The third-order valence-electron chi connectivity index (χ3n) is 2.87. The molecule has 1 saturated carbocycles. The third-order valence-corrected chi connectivity index (χ3v) is 3.72. The first kappa shape index (κ1) is 10.5. The fourth-order valence-electron chi connectivity index (χ4n) is 1.64. The lowest BCUT2D eigenvalue weighted by Gasteiger charge is -2.12. The molecule has 0 spiro atoms. The highest BCUT2D eigenvalue weighted by molar-refractivity contribution is 9.10. The Hall–Kier alpha value is -0.0500. The van der Waals surface area contributed by atoms with Gasteiger partial charge in [0, 0.05) is 16.1 Å². The topological polar surface area (TPSA) is 20.2 Å². The SMILES string of the molecule is OCC1(Cc2ccc(Br)cc2Cl)CC1. The number of aliphatic hydroxyl groups is 1. The number of hydrogen-bond acceptors (Lipinski definition) is 1. The zero-order valence-electron chi connectivity index (χ0n) is 7.76. The van der Waals surface area contributed by atoms with E-state index in [4.69, 9.17) is 11.6 Å². The Kier molecular flexibility index (Phi) is 2.87. The number of benzene rings is 1. The highest BCUT2D eigenvalue weighted by Crippen LogP contribution is 2.48. The highest BCUT2D eigenvalue weighted by Gasteiger charge is 2.42. The maximum absolute atomic E-state index is 9.21. The molecule has 2 rings (SSSR count). The van der Waals surface area contributed by atoms with Crippen molar-refractivity contribution >= 4 is 27.5 Å². The van der Waals surface area contributed by atoms with E-state index >= 15 is 0 Å². The van der Waals surface area contributed by atoms with Crippen LogP contribution in [0.1, 0.15) is 18.4 Å². The predicted octanol–water partition coefficient (Wildman–Crippen LogP) is 3.42. The number of aliphatic hydroxyl groups excluding tert-OH is 1. The fourth-order valence-corrected chi connectivity index (χ4v) is 2.38. The molecule has 0 radical (unpaired) electrons. The largest absolute Gasteiger partial charge is 0.396 e. The van der Waals surface area contributed by atoms with Gasteiger partial charge in [0.25, 0.3) is 0 Å². The van der Waals surface area contributed by atoms with Gasteiger partial charge >= 0.3 is 0 Å². The summed E-state index contributed by atoms with van der Waals surface area (Å²) in [6.07, 6.45) is 3.14. The average molecular weight is 276 g/mol. The van der Waals surface area contributed by atoms with Crippen molar-refractivity contribution in [3.8, 4) is 0 Å². The van der Waals surface area contributed by atoms with E-state index in [1.807, 2.05) is 18.2 Å². The molecular formula is C11H12BrClO. The summed E-state index contributed by atoms with van der Waals surface area (Å²) in [6.45, 7) is 0.277. The molecule has 1 fully saturated rings. The molecule has 0 saturated heterocycles. The summed E-state index contributed by atoms with van der Waals surface area (Å²) in [6, 6.07) is 5.93. The molecule has 0 bridgehead atoms. The monoisotopic (exact) mass is 274 g/mol. The first-order chi connectivity index (χ1) is 6.65. The Morgan fingerprint density at radius 1 is 1.43 bits per heavy atom. The van der Waals surface area contributed by atoms with E-state index in [9.17, 15) is 5.11 Å². The van der Waals surface area contributed by atoms with Crippen molar-refractivity contribution in [1.29, 1.82) is 0 Å². The second-order valence-electron chi connectivity index (χ2n) is 4.07. The summed E-state index contributed by atoms with van der Waals surface area (Å²) in [5.74, 6) is 0. The van der Waals surface area contributed by atoms with Gasteiger partial charge in [0.1, 0.15) is 0 Å². The molecular weight excluding hydrogens is 263 g/mol. The second kappa shape index (κ2) is 3.84. The van der Waals surface area contributed by atoms with Crippen LogP contribution >= 0.6 is 27.5 Å². The van der Waals surface area contributed by atoms with E-state index < -0.39 is 0 Å². The second-order valence-corrected chi connectivity index (χ2v) is 5.39. The van der Waals surface area contributed by atoms with E-state index in [1.165, 1.54) is 0 Å². The van der Waals surface area contributed by atoms with Crippen LogP contribution in [0.4, 0.5) is 0 Å². The van der Waals surface area contributed by atoms with Crippen molar-refractivity contribution in [2.75, 3.05) is 6.61 Å². The van der Waals surface area contributed by atoms with E-state index in [1.54, 1.807) is 0 Å². The zero-order chi connectivity index (χ0) is 10.2. The first-order valence-corrected chi connectivity index (χ1v) is 5.87. The van der Waals surface area contributed by atoms with Gasteiger partial charge in [-0.3, -0.25) is 0 Å². The molecule has 0 atom stereocenters. The summed E-state index contributed by atoms with van der Waals surface area (Å²) in [5.41, 5.74) is 1.28. The van der Waals surface area contributed by atoms with Crippen LogP contribution in [0.15, 0.2) is 22.7 Å². The van der Waals surface area contributed by atoms with Gasteiger partial charge in [0.05, 0.1) is 0 Å². The van der Waals surface area contributed by atoms with Crippen molar-refractivity contribution < 1.29 is 5.11 Å². The molecule has 1 aliphatic rings. The van der Waals surface area contributed by atoms with Gasteiger partial charge in [0.2, 0.25) is 0 Å². The van der Waals surface area contributed by atoms with Crippen LogP contribution in [0.3, 0.4) is 0 Å². The molecule has 14 heavy (non-hydrogen) atoms. The average Bonchev–Trinajstić information content (AvgIpc) is 2.91. The summed E-state index contributed by atoms with van der Waals surface area (Å²) in [4.78, 5) is 0. The lowest BCUT2D eigenvalue weighted by Crippen LogP contribution is -2.10. The lowest BCUT2D eigenvalue weighted by atomic mass is 9.97. The van der Waals surface area contributed by atoms with Gasteiger partial charge < -0.3 is 5.11 Å². The molecule has 1 N–H and O–H groups in total. The highest BCUT2D eigenvalue weighted by atomic mass is 79.9. The summed E-state index contributed by atoms with van der Waals surface area (Å²) in [7, 11) is 0. The van der Waals surface area contributed by atoms with Crippen molar-refractivity contribution in [2.24, 2.45) is 5.41 Å². The van der Waals surface area contributed by atoms with Crippen LogP contribution in [0.25, 0.3) is 0 Å². The molecule has 0 heterocycles. The minimum absolute atomic E-state index is 0.136. The minimum atomic E-state index is 0.136. The molecule has 1 nitrogen and oxygen atoms in total. The quantitative estimate of drug-likeness (QED) is 0.896. The molecule has 0 aromatic heterocycles. The van der Waals surface area contributed by atoms with Crippen molar-refractivity contribution in [1.82, 2.24) is 0 Å². The molecule has 1 aliphatic carbocycles. The normalized spacial score (nSPS) is 18.2. The summed E-state index contributed by atoms with van der Waals surface area (Å²) < 4.78 is 1.00. The molecule has 76 valence electrons. The molecule has 0 amide bonds. The number of halogens is 2. The van der Waals surface area contributed by atoms with E-state index in [2.05, 4.69) is 15.9 Å². The zero-order valence-corrected chi connectivity index (χ0v) is 10.1. The Balaban J connectivity index is 2.17. The van der Waals surface area contributed by atoms with Gasteiger partial charge in [-0.05, 0) is 42.4 Å². The number of hydrogen-bond donors (Lipinski definition) is 1. The Labute approximate surface area is 97.2 Å². The molecule has 0 aliphatic heterocycles. The maximum Gasteiger partial charge on any atom is 0.0490 e. The van der Waals surface area contributed by atoms with Crippen LogP contribution in [-0.2, 0) is 6.42 Å². The van der Waals surface area contributed by atoms with Crippen molar-refractivity contribution in [2.45, 2.75) is 19.3 Å². The van der Waals surface area contributed by atoms with Crippen molar-refractivity contribution in [3.63, 3.8) is 0 Å². The maximum atomic E-state index is 9.21. The van der Waals surface area contributed by atoms with Crippen molar-refractivity contribution in [3.05, 3.63) is 33.3 Å². The summed E-state index contributed by atoms with van der Waals surface area (Å²) in [5, 5.41) is 10.0. The van der Waals surface area contributed by atoms with Crippen LogP contribution in [0.5, 0.6) is 0 Å². The van der Waals surface area contributed by atoms with Crippen LogP contribution in [0, 0.1) is 5.41 Å². The Morgan fingerprint density at radius 3 is 2.64 bits per heavy atom. The summed E-state index contributed by atoms with van der Waals surface area (Å²) >= 11 is 9.48. The van der Waals surface area contributed by atoms with Crippen LogP contribution in [-0.4, -0.2) is 11.7 Å². The minimum Gasteiger partial charge on any atom is -0.396 e. The van der Waals surface area contributed by atoms with E-state index in [0.29, 0.717) is 0 Å². The molecule has 1 aromatic carbocycles. The van der Waals surface area contributed by atoms with E-state index in [-0.39, 0.29) is 12.0 Å². The number of rotatable bonds is 3. The third kappa shape index (κ3) is 2.13. The van der Waals surface area contributed by atoms with Gasteiger partial charge in [-0.1, -0.05) is 33.6 Å². The first-order valence-electron chi connectivity index (χ1n) is 4.70. The van der Waals surface area contributed by atoms with Gasteiger partial charge in [0.15, 0.2) is 0 Å². The standard InChI is InChI=1S/C11H12BrClO/c12-9-2-1-8(10(13)5-9)6-11(7-14)3-4-11/h1-2,5,14H,3-4,6-7H2. The van der Waals surface area contributed by atoms with Gasteiger partial charge in [-0.2, -0.15) is 0 Å². The van der Waals surface area contributed by atoms with Gasteiger partial charge in [-0.25, -0.2) is 0 Å². The molecule has 0 unspecified atom stereocenters. The Bertz CT molecular complexity index is 347. The molecule has 1 aromatic rings. The Morgan fingerprint density at radius 2 is 2.14 bits per heavy atom. The lowest BCUT2D eigenvalue weighted by molar-refractivity contribution is 0.211. The van der Waals surface area contributed by atoms with Gasteiger partial charge in [-0.15, -0.1) is 0 Å².